The van der Waals surface area contributed by atoms with Crippen LogP contribution < -0.4 is 5.73 Å². The highest BCUT2D eigenvalue weighted by molar-refractivity contribution is 6.42. The fraction of sp³-hybridized carbons (Fsp3) is 0.417. The minimum Gasteiger partial charge on any atom is -0.459 e. The molecule has 0 aliphatic carbocycles. The Kier molecular flexibility index (Phi) is 4.42. The summed E-state index contributed by atoms with van der Waals surface area (Å²) < 4.78 is 5.18. The standard InChI is InChI=1S/C12H15Cl2NO2/c1-12(2,3)17-11(16)10(15)7-4-5-8(13)9(14)6-7/h4-6,10H,15H2,1-3H3. The van der Waals surface area contributed by atoms with Crippen molar-refractivity contribution in [2.24, 2.45) is 5.73 Å². The van der Waals surface area contributed by atoms with E-state index in [4.69, 9.17) is 33.7 Å². The van der Waals surface area contributed by atoms with E-state index >= 15 is 0 Å². The molecule has 0 saturated heterocycles. The fourth-order valence-corrected chi connectivity index (χ4v) is 1.51. The summed E-state index contributed by atoms with van der Waals surface area (Å²) in [5.41, 5.74) is 5.80. The van der Waals surface area contributed by atoms with Crippen molar-refractivity contribution in [1.29, 1.82) is 0 Å². The highest BCUT2D eigenvalue weighted by Crippen LogP contribution is 2.26. The van der Waals surface area contributed by atoms with Crippen molar-refractivity contribution in [3.05, 3.63) is 33.8 Å². The Bertz CT molecular complexity index is 427. The molecule has 0 amide bonds. The lowest BCUT2D eigenvalue weighted by Gasteiger charge is -2.22. The Hall–Kier alpha value is -0.770. The molecule has 1 atom stereocenters. The number of rotatable bonds is 2. The maximum absolute atomic E-state index is 11.7. The number of benzene rings is 1. The molecule has 1 aromatic rings. The molecule has 0 radical (unpaired) electrons. The van der Waals surface area contributed by atoms with E-state index in [1.54, 1.807) is 39.0 Å². The van der Waals surface area contributed by atoms with Gasteiger partial charge in [-0.3, -0.25) is 0 Å². The first-order chi connectivity index (χ1) is 7.70. The van der Waals surface area contributed by atoms with Crippen LogP contribution in [0.3, 0.4) is 0 Å². The zero-order chi connectivity index (χ0) is 13.2. The number of esters is 1. The number of carbonyl (C=O) groups excluding carboxylic acids is 1. The first kappa shape index (κ1) is 14.3. The molecule has 1 aromatic carbocycles. The Morgan fingerprint density at radius 1 is 1.29 bits per heavy atom. The largest absolute Gasteiger partial charge is 0.459 e. The van der Waals surface area contributed by atoms with Crippen LogP contribution >= 0.6 is 23.2 Å². The van der Waals surface area contributed by atoms with Crippen LogP contribution in [0.5, 0.6) is 0 Å². The smallest absolute Gasteiger partial charge is 0.328 e. The molecule has 0 aliphatic heterocycles. The molecule has 1 rings (SSSR count). The summed E-state index contributed by atoms with van der Waals surface area (Å²) >= 11 is 11.6. The van der Waals surface area contributed by atoms with Gasteiger partial charge in [-0.05, 0) is 38.5 Å². The van der Waals surface area contributed by atoms with Crippen molar-refractivity contribution in [2.45, 2.75) is 32.4 Å². The number of hydrogen-bond donors (Lipinski definition) is 1. The van der Waals surface area contributed by atoms with Crippen molar-refractivity contribution < 1.29 is 9.53 Å². The lowest BCUT2D eigenvalue weighted by molar-refractivity contribution is -0.156. The Labute approximate surface area is 111 Å². The maximum atomic E-state index is 11.7. The molecule has 2 N–H and O–H groups in total. The van der Waals surface area contributed by atoms with Crippen LogP contribution in [0.15, 0.2) is 18.2 Å². The molecular formula is C12H15Cl2NO2. The van der Waals surface area contributed by atoms with Gasteiger partial charge in [0.15, 0.2) is 0 Å². The summed E-state index contributed by atoms with van der Waals surface area (Å²) in [5, 5.41) is 0.787. The highest BCUT2D eigenvalue weighted by atomic mass is 35.5. The van der Waals surface area contributed by atoms with Crippen LogP contribution in [0.25, 0.3) is 0 Å². The third-order valence-corrected chi connectivity index (χ3v) is 2.70. The topological polar surface area (TPSA) is 52.3 Å². The molecule has 0 aliphatic rings. The van der Waals surface area contributed by atoms with Gasteiger partial charge in [-0.25, -0.2) is 4.79 Å². The first-order valence-electron chi connectivity index (χ1n) is 5.14. The third kappa shape index (κ3) is 4.19. The zero-order valence-corrected chi connectivity index (χ0v) is 11.5. The third-order valence-electron chi connectivity index (χ3n) is 1.96. The average molecular weight is 276 g/mol. The minimum atomic E-state index is -0.857. The maximum Gasteiger partial charge on any atom is 0.328 e. The van der Waals surface area contributed by atoms with E-state index in [2.05, 4.69) is 0 Å². The van der Waals surface area contributed by atoms with E-state index in [1.807, 2.05) is 0 Å². The SMILES string of the molecule is CC(C)(C)OC(=O)C(N)c1ccc(Cl)c(Cl)c1. The molecule has 5 heteroatoms. The van der Waals surface area contributed by atoms with Gasteiger partial charge in [0, 0.05) is 0 Å². The van der Waals surface area contributed by atoms with Crippen molar-refractivity contribution in [3.63, 3.8) is 0 Å². The number of carbonyl (C=O) groups is 1. The number of nitrogens with two attached hydrogens (primary N) is 1. The Morgan fingerprint density at radius 3 is 2.35 bits per heavy atom. The molecule has 0 bridgehead atoms. The molecule has 0 aromatic heterocycles. The zero-order valence-electron chi connectivity index (χ0n) is 9.96. The summed E-state index contributed by atoms with van der Waals surface area (Å²) in [5.74, 6) is -0.490. The molecule has 1 unspecified atom stereocenters. The molecular weight excluding hydrogens is 261 g/mol. The van der Waals surface area contributed by atoms with Crippen molar-refractivity contribution in [3.8, 4) is 0 Å². The lowest BCUT2D eigenvalue weighted by atomic mass is 10.1. The van der Waals surface area contributed by atoms with E-state index in [0.29, 0.717) is 15.6 Å². The van der Waals surface area contributed by atoms with Crippen molar-refractivity contribution >= 4 is 29.2 Å². The van der Waals surface area contributed by atoms with Gasteiger partial charge in [-0.15, -0.1) is 0 Å². The summed E-state index contributed by atoms with van der Waals surface area (Å²) in [4.78, 5) is 11.7. The van der Waals surface area contributed by atoms with E-state index in [9.17, 15) is 4.79 Å². The summed E-state index contributed by atoms with van der Waals surface area (Å²) in [6.45, 7) is 5.35. The minimum absolute atomic E-state index is 0.364. The summed E-state index contributed by atoms with van der Waals surface area (Å²) in [6.07, 6.45) is 0. The van der Waals surface area contributed by atoms with E-state index in [1.165, 1.54) is 0 Å². The van der Waals surface area contributed by atoms with Crippen LogP contribution in [0.1, 0.15) is 32.4 Å². The second-order valence-electron chi connectivity index (χ2n) is 4.68. The second kappa shape index (κ2) is 5.25. The molecule has 0 saturated carbocycles. The molecule has 94 valence electrons. The van der Waals surface area contributed by atoms with Gasteiger partial charge in [0.05, 0.1) is 10.0 Å². The van der Waals surface area contributed by atoms with Gasteiger partial charge in [-0.2, -0.15) is 0 Å². The van der Waals surface area contributed by atoms with Gasteiger partial charge in [0.2, 0.25) is 0 Å². The van der Waals surface area contributed by atoms with E-state index in [-0.39, 0.29) is 0 Å². The molecule has 17 heavy (non-hydrogen) atoms. The second-order valence-corrected chi connectivity index (χ2v) is 5.50. The van der Waals surface area contributed by atoms with Crippen molar-refractivity contribution in [2.75, 3.05) is 0 Å². The van der Waals surface area contributed by atoms with Crippen molar-refractivity contribution in [1.82, 2.24) is 0 Å². The van der Waals surface area contributed by atoms with Crippen LogP contribution in [0.4, 0.5) is 0 Å². The Morgan fingerprint density at radius 2 is 1.88 bits per heavy atom. The van der Waals surface area contributed by atoms with Crippen LogP contribution in [-0.4, -0.2) is 11.6 Å². The molecule has 0 fully saturated rings. The van der Waals surface area contributed by atoms with Gasteiger partial charge in [-0.1, -0.05) is 29.3 Å². The monoisotopic (exact) mass is 275 g/mol. The van der Waals surface area contributed by atoms with E-state index in [0.717, 1.165) is 0 Å². The van der Waals surface area contributed by atoms with Crippen LogP contribution in [0.2, 0.25) is 10.0 Å². The first-order valence-corrected chi connectivity index (χ1v) is 5.89. The predicted molar refractivity (Wildman–Crippen MR) is 69.2 cm³/mol. The van der Waals surface area contributed by atoms with Crippen LogP contribution in [0, 0.1) is 0 Å². The number of ether oxygens (including phenoxy) is 1. The quantitative estimate of drug-likeness (QED) is 0.843. The summed E-state index contributed by atoms with van der Waals surface area (Å²) in [7, 11) is 0. The highest BCUT2D eigenvalue weighted by Gasteiger charge is 2.23. The average Bonchev–Trinajstić information content (AvgIpc) is 2.18. The normalized spacial score (nSPS) is 13.3. The molecule has 0 spiro atoms. The number of halogens is 2. The Balaban J connectivity index is 2.85. The predicted octanol–water partition coefficient (Wildman–Crippen LogP) is 3.33. The van der Waals surface area contributed by atoms with Gasteiger partial charge < -0.3 is 10.5 Å². The van der Waals surface area contributed by atoms with Gasteiger partial charge in [0.25, 0.3) is 0 Å². The van der Waals surface area contributed by atoms with Gasteiger partial charge >= 0.3 is 5.97 Å². The van der Waals surface area contributed by atoms with E-state index < -0.39 is 17.6 Å². The van der Waals surface area contributed by atoms with Gasteiger partial charge in [0.1, 0.15) is 11.6 Å². The summed E-state index contributed by atoms with van der Waals surface area (Å²) in [6, 6.07) is 3.97. The molecule has 0 heterocycles. The van der Waals surface area contributed by atoms with Crippen LogP contribution in [-0.2, 0) is 9.53 Å². The number of hydrogen-bond acceptors (Lipinski definition) is 3. The molecule has 3 nitrogen and oxygen atoms in total. The lowest BCUT2D eigenvalue weighted by Crippen LogP contribution is -2.31. The fourth-order valence-electron chi connectivity index (χ4n) is 1.21.